The van der Waals surface area contributed by atoms with Crippen molar-refractivity contribution in [3.05, 3.63) is 40.9 Å². The van der Waals surface area contributed by atoms with Gasteiger partial charge in [0, 0.05) is 22.8 Å². The average molecular weight is 540 g/mol. The van der Waals surface area contributed by atoms with E-state index in [1.165, 1.54) is 6.42 Å². The first kappa shape index (κ1) is 25.9. The quantitative estimate of drug-likeness (QED) is 0.411. The van der Waals surface area contributed by atoms with Crippen LogP contribution in [0.4, 0.5) is 5.69 Å². The smallest absolute Gasteiger partial charge is 0.246 e. The molecule has 1 aromatic rings. The fraction of sp³-hybridized carbons (Fsp3) is 0.633. The molecule has 2 N–H and O–H groups in total. The van der Waals surface area contributed by atoms with Crippen LogP contribution in [-0.4, -0.2) is 52.5 Å². The fourth-order valence-corrected chi connectivity index (χ4v) is 7.74. The lowest BCUT2D eigenvalue weighted by molar-refractivity contribution is -0.144. The first-order valence-electron chi connectivity index (χ1n) is 14.5. The maximum Gasteiger partial charge on any atom is 0.246 e. The van der Waals surface area contributed by atoms with Crippen molar-refractivity contribution in [2.75, 3.05) is 5.32 Å². The van der Waals surface area contributed by atoms with Crippen molar-refractivity contribution < 1.29 is 19.1 Å². The third-order valence-corrected chi connectivity index (χ3v) is 9.88. The summed E-state index contributed by atoms with van der Waals surface area (Å²) >= 11 is 6.29. The third-order valence-electron chi connectivity index (χ3n) is 9.47. The van der Waals surface area contributed by atoms with Crippen LogP contribution in [0.3, 0.4) is 0 Å². The molecule has 2 saturated carbocycles. The van der Waals surface area contributed by atoms with E-state index in [1.807, 2.05) is 36.1 Å². The molecule has 3 unspecified atom stereocenters. The second kappa shape index (κ2) is 10.3. The van der Waals surface area contributed by atoms with Gasteiger partial charge < -0.3 is 20.3 Å². The zero-order valence-electron chi connectivity index (χ0n) is 22.1. The summed E-state index contributed by atoms with van der Waals surface area (Å²) < 4.78 is 6.52. The molecule has 1 spiro atoms. The van der Waals surface area contributed by atoms with Crippen LogP contribution in [0, 0.1) is 18.8 Å². The van der Waals surface area contributed by atoms with Crippen LogP contribution in [0.1, 0.15) is 76.2 Å². The molecule has 5 atom stereocenters. The van der Waals surface area contributed by atoms with Gasteiger partial charge in [-0.2, -0.15) is 0 Å². The largest absolute Gasteiger partial charge is 0.359 e. The Kier molecular flexibility index (Phi) is 7.02. The Bertz CT molecular complexity index is 1140. The number of likely N-dealkylation sites (tertiary alicyclic amines) is 1. The Labute approximate surface area is 229 Å². The van der Waals surface area contributed by atoms with Gasteiger partial charge in [-0.1, -0.05) is 74.8 Å². The number of ether oxygens (including phenoxy) is 1. The van der Waals surface area contributed by atoms with E-state index in [1.54, 1.807) is 6.07 Å². The topological polar surface area (TPSA) is 87.7 Å². The van der Waals surface area contributed by atoms with Crippen molar-refractivity contribution in [3.63, 3.8) is 0 Å². The van der Waals surface area contributed by atoms with Crippen molar-refractivity contribution in [2.45, 2.75) is 107 Å². The number of anilines is 1. The predicted octanol–water partition coefficient (Wildman–Crippen LogP) is 4.91. The molecule has 2 bridgehead atoms. The maximum absolute atomic E-state index is 14.3. The minimum Gasteiger partial charge on any atom is -0.359 e. The van der Waals surface area contributed by atoms with Gasteiger partial charge in [-0.05, 0) is 50.3 Å². The van der Waals surface area contributed by atoms with E-state index in [0.29, 0.717) is 10.7 Å². The monoisotopic (exact) mass is 539 g/mol. The van der Waals surface area contributed by atoms with Gasteiger partial charge in [-0.25, -0.2) is 0 Å². The zero-order chi connectivity index (χ0) is 26.4. The molecule has 6 rings (SSSR count). The number of amides is 3. The maximum atomic E-state index is 14.3. The Morgan fingerprint density at radius 2 is 1.68 bits per heavy atom. The van der Waals surface area contributed by atoms with E-state index in [4.69, 9.17) is 16.3 Å². The highest BCUT2D eigenvalue weighted by atomic mass is 35.5. The minimum atomic E-state index is -1.11. The van der Waals surface area contributed by atoms with Crippen molar-refractivity contribution in [3.8, 4) is 0 Å². The van der Waals surface area contributed by atoms with Gasteiger partial charge in [0.1, 0.15) is 11.6 Å². The van der Waals surface area contributed by atoms with E-state index in [0.717, 1.165) is 69.8 Å². The summed E-state index contributed by atoms with van der Waals surface area (Å²) in [5.41, 5.74) is 0.399. The summed E-state index contributed by atoms with van der Waals surface area (Å²) in [5, 5.41) is 6.83. The Balaban J connectivity index is 1.32. The van der Waals surface area contributed by atoms with Crippen molar-refractivity contribution in [1.29, 1.82) is 0 Å². The van der Waals surface area contributed by atoms with E-state index in [9.17, 15) is 14.4 Å². The number of hydrogen-bond donors (Lipinski definition) is 2. The number of nitrogens with zero attached hydrogens (tertiary/aromatic N) is 1. The Morgan fingerprint density at radius 3 is 2.39 bits per heavy atom. The number of hydrogen-bond acceptors (Lipinski definition) is 4. The van der Waals surface area contributed by atoms with Gasteiger partial charge >= 0.3 is 0 Å². The summed E-state index contributed by atoms with van der Waals surface area (Å²) in [4.78, 5) is 43.8. The number of halogens is 1. The van der Waals surface area contributed by atoms with Gasteiger partial charge in [-0.3, -0.25) is 14.4 Å². The number of rotatable bonds is 5. The number of carbonyl (C=O) groups excluding carboxylic acids is 3. The van der Waals surface area contributed by atoms with E-state index in [-0.39, 0.29) is 29.8 Å². The summed E-state index contributed by atoms with van der Waals surface area (Å²) in [6.45, 7) is 1.91. The van der Waals surface area contributed by atoms with E-state index < -0.39 is 29.6 Å². The van der Waals surface area contributed by atoms with Gasteiger partial charge in [0.25, 0.3) is 0 Å². The SMILES string of the molecule is Cc1ccc(NC(=O)C2[C@@H]3C=CC4(O3)C(C(=O)NC3CCCCC3)N(C3CCCCCC3)C(=O)[C@H]24)cc1Cl. The van der Waals surface area contributed by atoms with Crippen molar-refractivity contribution in [1.82, 2.24) is 10.2 Å². The van der Waals surface area contributed by atoms with Crippen LogP contribution < -0.4 is 10.6 Å². The van der Waals surface area contributed by atoms with Crippen LogP contribution in [0.2, 0.25) is 5.02 Å². The zero-order valence-corrected chi connectivity index (χ0v) is 22.8. The number of fused-ring (bicyclic) bond motifs is 1. The second-order valence-electron chi connectivity index (χ2n) is 11.9. The highest BCUT2D eigenvalue weighted by Crippen LogP contribution is 2.56. The molecule has 5 aliphatic rings. The van der Waals surface area contributed by atoms with Crippen molar-refractivity contribution >= 4 is 35.0 Å². The molecule has 0 aromatic heterocycles. The van der Waals surface area contributed by atoms with Gasteiger partial charge in [0.05, 0.1) is 17.9 Å². The molecule has 7 nitrogen and oxygen atoms in total. The molecule has 38 heavy (non-hydrogen) atoms. The summed E-state index contributed by atoms with van der Waals surface area (Å²) in [6, 6.07) is 4.76. The molecule has 3 aliphatic heterocycles. The number of benzene rings is 1. The van der Waals surface area contributed by atoms with Gasteiger partial charge in [-0.15, -0.1) is 0 Å². The highest BCUT2D eigenvalue weighted by Gasteiger charge is 2.73. The lowest BCUT2D eigenvalue weighted by Gasteiger charge is -2.37. The van der Waals surface area contributed by atoms with Gasteiger partial charge in [0.2, 0.25) is 17.7 Å². The molecule has 2 saturated heterocycles. The highest BCUT2D eigenvalue weighted by molar-refractivity contribution is 6.31. The molecule has 8 heteroatoms. The van der Waals surface area contributed by atoms with E-state index in [2.05, 4.69) is 10.6 Å². The van der Waals surface area contributed by atoms with Gasteiger partial charge in [0.15, 0.2) is 0 Å². The van der Waals surface area contributed by atoms with Crippen molar-refractivity contribution in [2.24, 2.45) is 11.8 Å². The molecular weight excluding hydrogens is 502 g/mol. The van der Waals surface area contributed by atoms with Crippen LogP contribution in [0.5, 0.6) is 0 Å². The first-order valence-corrected chi connectivity index (χ1v) is 14.8. The molecular formula is C30H38ClN3O4. The second-order valence-corrected chi connectivity index (χ2v) is 12.3. The van der Waals surface area contributed by atoms with Crippen LogP contribution in [0.25, 0.3) is 0 Å². The van der Waals surface area contributed by atoms with Crippen LogP contribution >= 0.6 is 11.6 Å². The molecule has 4 fully saturated rings. The predicted molar refractivity (Wildman–Crippen MR) is 146 cm³/mol. The van der Waals surface area contributed by atoms with Crippen LogP contribution in [0.15, 0.2) is 30.4 Å². The number of nitrogens with one attached hydrogen (secondary N) is 2. The normalized spacial score (nSPS) is 33.3. The number of aryl methyl sites for hydroxylation is 1. The molecule has 3 amide bonds. The lowest BCUT2D eigenvalue weighted by atomic mass is 9.74. The first-order chi connectivity index (χ1) is 18.4. The molecule has 2 aliphatic carbocycles. The summed E-state index contributed by atoms with van der Waals surface area (Å²) in [5.74, 6) is -1.94. The fourth-order valence-electron chi connectivity index (χ4n) is 7.56. The third kappa shape index (κ3) is 4.36. The Morgan fingerprint density at radius 1 is 1.00 bits per heavy atom. The number of carbonyl (C=O) groups is 3. The summed E-state index contributed by atoms with van der Waals surface area (Å²) in [7, 11) is 0. The summed E-state index contributed by atoms with van der Waals surface area (Å²) in [6.07, 6.45) is 14.8. The molecule has 1 aromatic carbocycles. The Hall–Kier alpha value is -2.38. The minimum absolute atomic E-state index is 0.0113. The van der Waals surface area contributed by atoms with Crippen LogP contribution in [-0.2, 0) is 19.1 Å². The lowest BCUT2D eigenvalue weighted by Crippen LogP contribution is -2.58. The standard InChI is InChI=1S/C30H38ClN3O4/c1-18-13-14-20(17-22(18)31)33-27(35)24-23-15-16-30(38-23)25(24)29(37)34(21-11-7-2-3-8-12-21)26(30)28(36)32-19-9-5-4-6-10-19/h13-17,19,21,23-26H,2-12H2,1H3,(H,32,36)(H,33,35)/t23-,24?,25-,26?,30?/m0/s1. The van der Waals surface area contributed by atoms with E-state index >= 15 is 0 Å². The average Bonchev–Trinajstić information content (AvgIpc) is 3.45. The molecule has 204 valence electrons. The molecule has 3 heterocycles. The molecule has 0 radical (unpaired) electrons.